The number of halogens is 2. The van der Waals surface area contributed by atoms with E-state index in [4.69, 9.17) is 10.7 Å². The first-order chi connectivity index (χ1) is 7.28. The van der Waals surface area contributed by atoms with Crippen molar-refractivity contribution < 1.29 is 22.3 Å². The van der Waals surface area contributed by atoms with E-state index in [1.54, 1.807) is 0 Å². The molecule has 1 rings (SSSR count). The van der Waals surface area contributed by atoms with Crippen LogP contribution in [0.4, 0.5) is 9.18 Å². The SMILES string of the molecule is Cc1ccc(OC(=O)NS(=O)(=O)Cl)cc1F. The Morgan fingerprint density at radius 2 is 2.12 bits per heavy atom. The molecule has 88 valence electrons. The Morgan fingerprint density at radius 1 is 1.50 bits per heavy atom. The zero-order valence-corrected chi connectivity index (χ0v) is 9.60. The summed E-state index contributed by atoms with van der Waals surface area (Å²) >= 11 is 0. The van der Waals surface area contributed by atoms with Gasteiger partial charge in [0, 0.05) is 16.7 Å². The van der Waals surface area contributed by atoms with Crippen LogP contribution >= 0.6 is 10.7 Å². The highest BCUT2D eigenvalue weighted by atomic mass is 35.7. The molecule has 0 heterocycles. The number of benzene rings is 1. The van der Waals surface area contributed by atoms with Crippen LogP contribution in [0.2, 0.25) is 0 Å². The minimum Gasteiger partial charge on any atom is -0.410 e. The minimum atomic E-state index is -4.21. The number of carbonyl (C=O) groups excluding carboxylic acids is 1. The molecule has 0 spiro atoms. The Bertz CT molecular complexity index is 517. The van der Waals surface area contributed by atoms with Gasteiger partial charge in [0.2, 0.25) is 0 Å². The number of carbonyl (C=O) groups is 1. The molecule has 0 aliphatic carbocycles. The van der Waals surface area contributed by atoms with E-state index in [0.717, 1.165) is 6.07 Å². The van der Waals surface area contributed by atoms with Crippen molar-refractivity contribution in [3.63, 3.8) is 0 Å². The molecule has 0 aromatic heterocycles. The molecule has 0 aliphatic rings. The third-order valence-electron chi connectivity index (χ3n) is 1.56. The van der Waals surface area contributed by atoms with Crippen LogP contribution < -0.4 is 9.46 Å². The molecular formula is C8H7ClFNO4S. The molecule has 1 aromatic carbocycles. The predicted octanol–water partition coefficient (Wildman–Crippen LogP) is 1.71. The maximum absolute atomic E-state index is 13.0. The Balaban J connectivity index is 2.74. The van der Waals surface area contributed by atoms with Gasteiger partial charge in [0.15, 0.2) is 0 Å². The van der Waals surface area contributed by atoms with E-state index in [0.29, 0.717) is 5.56 Å². The van der Waals surface area contributed by atoms with Crippen molar-refractivity contribution >= 4 is 26.0 Å². The molecule has 1 amide bonds. The number of rotatable bonds is 2. The molecule has 0 saturated heterocycles. The summed E-state index contributed by atoms with van der Waals surface area (Å²) in [6.07, 6.45) is -1.31. The molecule has 0 unspecified atom stereocenters. The van der Waals surface area contributed by atoms with E-state index in [2.05, 4.69) is 4.74 Å². The molecule has 1 aromatic rings. The summed E-state index contributed by atoms with van der Waals surface area (Å²) < 4.78 is 39.7. The Hall–Kier alpha value is -1.34. The average Bonchev–Trinajstić information content (AvgIpc) is 2.08. The summed E-state index contributed by atoms with van der Waals surface area (Å²) in [4.78, 5) is 10.9. The number of hydrogen-bond donors (Lipinski definition) is 1. The van der Waals surface area contributed by atoms with Crippen molar-refractivity contribution in [2.45, 2.75) is 6.92 Å². The Labute approximate surface area is 95.7 Å². The molecule has 0 fully saturated rings. The number of ether oxygens (including phenoxy) is 1. The highest BCUT2D eigenvalue weighted by molar-refractivity contribution is 8.12. The van der Waals surface area contributed by atoms with Gasteiger partial charge in [0.25, 0.3) is 0 Å². The quantitative estimate of drug-likeness (QED) is 0.828. The second-order valence-electron chi connectivity index (χ2n) is 2.84. The van der Waals surface area contributed by atoms with Gasteiger partial charge < -0.3 is 4.74 Å². The second kappa shape index (κ2) is 4.67. The van der Waals surface area contributed by atoms with Crippen molar-refractivity contribution in [1.82, 2.24) is 4.72 Å². The van der Waals surface area contributed by atoms with Crippen molar-refractivity contribution in [3.05, 3.63) is 29.6 Å². The summed E-state index contributed by atoms with van der Waals surface area (Å²) in [5.74, 6) is -0.694. The zero-order valence-electron chi connectivity index (χ0n) is 8.03. The second-order valence-corrected chi connectivity index (χ2v) is 5.14. The van der Waals surface area contributed by atoms with Crippen LogP contribution in [-0.2, 0) is 9.24 Å². The molecule has 0 atom stereocenters. The Morgan fingerprint density at radius 3 is 2.62 bits per heavy atom. The van der Waals surface area contributed by atoms with Crippen molar-refractivity contribution in [3.8, 4) is 5.75 Å². The summed E-state index contributed by atoms with van der Waals surface area (Å²) in [7, 11) is 0.529. The van der Waals surface area contributed by atoms with Gasteiger partial charge >= 0.3 is 15.3 Å². The van der Waals surface area contributed by atoms with E-state index >= 15 is 0 Å². The average molecular weight is 268 g/mol. The van der Waals surface area contributed by atoms with E-state index in [1.165, 1.54) is 23.8 Å². The molecule has 0 saturated carbocycles. The lowest BCUT2D eigenvalue weighted by atomic mass is 10.2. The summed E-state index contributed by atoms with van der Waals surface area (Å²) in [5.41, 5.74) is 0.373. The topological polar surface area (TPSA) is 72.5 Å². The summed E-state index contributed by atoms with van der Waals surface area (Å²) in [6, 6.07) is 3.65. The molecule has 16 heavy (non-hydrogen) atoms. The maximum atomic E-state index is 13.0. The fourth-order valence-electron chi connectivity index (χ4n) is 0.864. The van der Waals surface area contributed by atoms with Crippen LogP contribution in [0.3, 0.4) is 0 Å². The monoisotopic (exact) mass is 267 g/mol. The molecule has 8 heteroatoms. The largest absolute Gasteiger partial charge is 0.427 e. The van der Waals surface area contributed by atoms with Gasteiger partial charge in [-0.25, -0.2) is 13.9 Å². The van der Waals surface area contributed by atoms with Gasteiger partial charge in [-0.2, -0.15) is 8.42 Å². The van der Waals surface area contributed by atoms with Crippen LogP contribution in [0.1, 0.15) is 5.56 Å². The van der Waals surface area contributed by atoms with E-state index in [-0.39, 0.29) is 5.75 Å². The molecule has 0 radical (unpaired) electrons. The third-order valence-corrected chi connectivity index (χ3v) is 2.20. The van der Waals surface area contributed by atoms with Crippen molar-refractivity contribution in [2.75, 3.05) is 0 Å². The van der Waals surface area contributed by atoms with Gasteiger partial charge in [-0.15, -0.1) is 0 Å². The lowest BCUT2D eigenvalue weighted by Crippen LogP contribution is -2.29. The highest BCUT2D eigenvalue weighted by Crippen LogP contribution is 2.15. The minimum absolute atomic E-state index is 0.124. The van der Waals surface area contributed by atoms with Crippen LogP contribution in [0.25, 0.3) is 0 Å². The number of amides is 1. The molecular weight excluding hydrogens is 261 g/mol. The standard InChI is InChI=1S/C8H7ClFNO4S/c1-5-2-3-6(4-7(5)10)15-8(12)11-16(9,13)14/h2-4H,1H3,(H,11,12). The summed E-state index contributed by atoms with van der Waals surface area (Å²) in [5, 5.41) is 0. The van der Waals surface area contributed by atoms with Crippen molar-refractivity contribution in [1.29, 1.82) is 0 Å². The van der Waals surface area contributed by atoms with Gasteiger partial charge in [0.1, 0.15) is 11.6 Å². The van der Waals surface area contributed by atoms with E-state index < -0.39 is 21.1 Å². The van der Waals surface area contributed by atoms with Gasteiger partial charge in [-0.3, -0.25) is 0 Å². The number of nitrogens with one attached hydrogen (secondary N) is 1. The number of hydrogen-bond acceptors (Lipinski definition) is 4. The molecule has 5 nitrogen and oxygen atoms in total. The first-order valence-electron chi connectivity index (χ1n) is 3.98. The van der Waals surface area contributed by atoms with Gasteiger partial charge in [-0.05, 0) is 18.6 Å². The van der Waals surface area contributed by atoms with E-state index in [9.17, 15) is 17.6 Å². The normalized spacial score (nSPS) is 10.9. The van der Waals surface area contributed by atoms with Crippen molar-refractivity contribution in [2.24, 2.45) is 0 Å². The predicted molar refractivity (Wildman–Crippen MR) is 55.1 cm³/mol. The molecule has 0 bridgehead atoms. The first-order valence-corrected chi connectivity index (χ1v) is 6.29. The highest BCUT2D eigenvalue weighted by Gasteiger charge is 2.13. The molecule has 1 N–H and O–H groups in total. The first kappa shape index (κ1) is 12.7. The fraction of sp³-hybridized carbons (Fsp3) is 0.125. The van der Waals surface area contributed by atoms with Gasteiger partial charge in [0.05, 0.1) is 0 Å². The number of aryl methyl sites for hydroxylation is 1. The lowest BCUT2D eigenvalue weighted by Gasteiger charge is -2.04. The van der Waals surface area contributed by atoms with Crippen LogP contribution in [0, 0.1) is 12.7 Å². The van der Waals surface area contributed by atoms with Crippen LogP contribution in [0.15, 0.2) is 18.2 Å². The Kier molecular flexibility index (Phi) is 3.71. The van der Waals surface area contributed by atoms with Crippen LogP contribution in [0.5, 0.6) is 5.75 Å². The van der Waals surface area contributed by atoms with Gasteiger partial charge in [-0.1, -0.05) is 6.07 Å². The lowest BCUT2D eigenvalue weighted by molar-refractivity contribution is 0.207. The smallest absolute Gasteiger partial charge is 0.410 e. The third kappa shape index (κ3) is 4.03. The fourth-order valence-corrected chi connectivity index (χ4v) is 1.29. The molecule has 0 aliphatic heterocycles. The zero-order chi connectivity index (χ0) is 12.3. The maximum Gasteiger partial charge on any atom is 0.427 e. The summed E-state index contributed by atoms with van der Waals surface area (Å²) in [6.45, 7) is 1.53. The van der Waals surface area contributed by atoms with E-state index in [1.807, 2.05) is 0 Å². The van der Waals surface area contributed by atoms with Crippen LogP contribution in [-0.4, -0.2) is 14.5 Å².